The molecule has 6 nitrogen and oxygen atoms in total. The van der Waals surface area contributed by atoms with Gasteiger partial charge in [-0.05, 0) is 25.5 Å². The van der Waals surface area contributed by atoms with Crippen LogP contribution in [0.3, 0.4) is 0 Å². The van der Waals surface area contributed by atoms with Gasteiger partial charge in [0.2, 0.25) is 5.91 Å². The van der Waals surface area contributed by atoms with E-state index in [1.54, 1.807) is 7.11 Å². The molecular formula is C16H21N3O3. The SMILES string of the molecule is CO[C@H]1COCC[C@@H]1NC(=O)Cn1c(C)nc2ccccc21. The van der Waals surface area contributed by atoms with E-state index >= 15 is 0 Å². The van der Waals surface area contributed by atoms with Crippen molar-refractivity contribution in [3.63, 3.8) is 0 Å². The number of para-hydroxylation sites is 2. The Morgan fingerprint density at radius 2 is 2.32 bits per heavy atom. The molecular weight excluding hydrogens is 282 g/mol. The molecule has 0 unspecified atom stereocenters. The van der Waals surface area contributed by atoms with Gasteiger partial charge in [-0.25, -0.2) is 4.98 Å². The van der Waals surface area contributed by atoms with Gasteiger partial charge in [0, 0.05) is 13.7 Å². The Morgan fingerprint density at radius 1 is 1.50 bits per heavy atom. The zero-order chi connectivity index (χ0) is 15.5. The van der Waals surface area contributed by atoms with E-state index in [0.29, 0.717) is 13.2 Å². The minimum atomic E-state index is -0.0849. The number of fused-ring (bicyclic) bond motifs is 1. The highest BCUT2D eigenvalue weighted by molar-refractivity contribution is 5.81. The molecule has 1 aliphatic rings. The molecule has 0 bridgehead atoms. The summed E-state index contributed by atoms with van der Waals surface area (Å²) in [7, 11) is 1.64. The third kappa shape index (κ3) is 2.98. The van der Waals surface area contributed by atoms with Crippen LogP contribution in [0.1, 0.15) is 12.2 Å². The van der Waals surface area contributed by atoms with Crippen LogP contribution in [0.25, 0.3) is 11.0 Å². The number of nitrogens with one attached hydrogen (secondary N) is 1. The number of hydrogen-bond donors (Lipinski definition) is 1. The molecule has 1 fully saturated rings. The van der Waals surface area contributed by atoms with Gasteiger partial charge in [0.15, 0.2) is 0 Å². The van der Waals surface area contributed by atoms with Gasteiger partial charge in [0.25, 0.3) is 0 Å². The van der Waals surface area contributed by atoms with Crippen LogP contribution in [0.4, 0.5) is 0 Å². The molecule has 2 aromatic rings. The first kappa shape index (κ1) is 15.0. The smallest absolute Gasteiger partial charge is 0.240 e. The van der Waals surface area contributed by atoms with Gasteiger partial charge in [-0.1, -0.05) is 12.1 Å². The van der Waals surface area contributed by atoms with Crippen molar-refractivity contribution in [3.05, 3.63) is 30.1 Å². The van der Waals surface area contributed by atoms with E-state index in [1.165, 1.54) is 0 Å². The number of carbonyl (C=O) groups excluding carboxylic acids is 1. The lowest BCUT2D eigenvalue weighted by molar-refractivity contribution is -0.125. The Kier molecular flexibility index (Phi) is 4.40. The Bertz CT molecular complexity index is 668. The number of carbonyl (C=O) groups is 1. The molecule has 2 heterocycles. The van der Waals surface area contributed by atoms with Crippen molar-refractivity contribution in [2.75, 3.05) is 20.3 Å². The average Bonchev–Trinajstić information content (AvgIpc) is 2.84. The Morgan fingerprint density at radius 3 is 3.14 bits per heavy atom. The number of aryl methyl sites for hydroxylation is 1. The highest BCUT2D eigenvalue weighted by Crippen LogP contribution is 2.16. The first-order valence-electron chi connectivity index (χ1n) is 7.51. The highest BCUT2D eigenvalue weighted by Gasteiger charge is 2.27. The molecule has 22 heavy (non-hydrogen) atoms. The van der Waals surface area contributed by atoms with E-state index in [9.17, 15) is 4.79 Å². The summed E-state index contributed by atoms with van der Waals surface area (Å²) in [5.74, 6) is 0.812. The lowest BCUT2D eigenvalue weighted by Crippen LogP contribution is -2.50. The molecule has 1 saturated heterocycles. The molecule has 1 aromatic heterocycles. The molecule has 118 valence electrons. The number of nitrogens with zero attached hydrogens (tertiary/aromatic N) is 2. The van der Waals surface area contributed by atoms with Gasteiger partial charge in [-0.15, -0.1) is 0 Å². The first-order valence-corrected chi connectivity index (χ1v) is 7.51. The predicted molar refractivity (Wildman–Crippen MR) is 82.6 cm³/mol. The maximum Gasteiger partial charge on any atom is 0.240 e. The standard InChI is InChI=1S/C16H21N3O3/c1-11-17-12-5-3-4-6-14(12)19(11)9-16(20)18-13-7-8-22-10-15(13)21-2/h3-6,13,15H,7-10H2,1-2H3,(H,18,20)/t13-,15-/m0/s1. The molecule has 1 amide bonds. The summed E-state index contributed by atoms with van der Waals surface area (Å²) in [5.41, 5.74) is 1.89. The second-order valence-corrected chi connectivity index (χ2v) is 5.55. The van der Waals surface area contributed by atoms with Gasteiger partial charge in [0.1, 0.15) is 18.5 Å². The second kappa shape index (κ2) is 6.46. The van der Waals surface area contributed by atoms with Crippen molar-refractivity contribution in [3.8, 4) is 0 Å². The Labute approximate surface area is 129 Å². The van der Waals surface area contributed by atoms with Crippen LogP contribution in [0.5, 0.6) is 0 Å². The molecule has 2 atom stereocenters. The minimum Gasteiger partial charge on any atom is -0.379 e. The van der Waals surface area contributed by atoms with Gasteiger partial charge in [-0.3, -0.25) is 4.79 Å². The predicted octanol–water partition coefficient (Wildman–Crippen LogP) is 1.26. The molecule has 0 saturated carbocycles. The van der Waals surface area contributed by atoms with E-state index in [0.717, 1.165) is 23.3 Å². The molecule has 6 heteroatoms. The summed E-state index contributed by atoms with van der Waals surface area (Å²) in [6.07, 6.45) is 0.687. The van der Waals surface area contributed by atoms with E-state index < -0.39 is 0 Å². The number of aromatic nitrogens is 2. The number of hydrogen-bond acceptors (Lipinski definition) is 4. The van der Waals surface area contributed by atoms with Gasteiger partial charge in [-0.2, -0.15) is 0 Å². The third-order valence-electron chi connectivity index (χ3n) is 4.10. The number of imidazole rings is 1. The monoisotopic (exact) mass is 303 g/mol. The van der Waals surface area contributed by atoms with E-state index in [-0.39, 0.29) is 24.6 Å². The molecule has 3 rings (SSSR count). The largest absolute Gasteiger partial charge is 0.379 e. The number of rotatable bonds is 4. The number of benzene rings is 1. The molecule has 1 N–H and O–H groups in total. The number of ether oxygens (including phenoxy) is 2. The third-order valence-corrected chi connectivity index (χ3v) is 4.10. The normalized spacial score (nSPS) is 21.9. The number of amides is 1. The van der Waals surface area contributed by atoms with Crippen molar-refractivity contribution in [1.29, 1.82) is 0 Å². The summed E-state index contributed by atoms with van der Waals surface area (Å²) in [6, 6.07) is 7.84. The summed E-state index contributed by atoms with van der Waals surface area (Å²) >= 11 is 0. The van der Waals surface area contributed by atoms with Gasteiger partial charge >= 0.3 is 0 Å². The topological polar surface area (TPSA) is 65.4 Å². The van der Waals surface area contributed by atoms with E-state index in [1.807, 2.05) is 35.8 Å². The van der Waals surface area contributed by atoms with Crippen LogP contribution in [0.15, 0.2) is 24.3 Å². The summed E-state index contributed by atoms with van der Waals surface area (Å²) in [6.45, 7) is 3.35. The van der Waals surface area contributed by atoms with Crippen molar-refractivity contribution >= 4 is 16.9 Å². The fourth-order valence-corrected chi connectivity index (χ4v) is 2.90. The Hall–Kier alpha value is -1.92. The van der Waals surface area contributed by atoms with Crippen molar-refractivity contribution in [1.82, 2.24) is 14.9 Å². The maximum absolute atomic E-state index is 12.4. The Balaban J connectivity index is 1.72. The molecule has 0 radical (unpaired) electrons. The minimum absolute atomic E-state index is 0.00124. The maximum atomic E-state index is 12.4. The fourth-order valence-electron chi connectivity index (χ4n) is 2.90. The summed E-state index contributed by atoms with van der Waals surface area (Å²) in [5, 5.41) is 3.06. The molecule has 1 aliphatic heterocycles. The van der Waals surface area contributed by atoms with E-state index in [2.05, 4.69) is 10.3 Å². The second-order valence-electron chi connectivity index (χ2n) is 5.55. The van der Waals surface area contributed by atoms with Crippen LogP contribution < -0.4 is 5.32 Å². The van der Waals surface area contributed by atoms with Crippen molar-refractivity contribution in [2.45, 2.75) is 32.0 Å². The lowest BCUT2D eigenvalue weighted by Gasteiger charge is -2.31. The highest BCUT2D eigenvalue weighted by atomic mass is 16.5. The first-order chi connectivity index (χ1) is 10.7. The van der Waals surface area contributed by atoms with Gasteiger partial charge < -0.3 is 19.4 Å². The van der Waals surface area contributed by atoms with Gasteiger partial charge in [0.05, 0.1) is 23.7 Å². The average molecular weight is 303 g/mol. The molecule has 1 aromatic carbocycles. The van der Waals surface area contributed by atoms with Crippen LogP contribution in [0, 0.1) is 6.92 Å². The van der Waals surface area contributed by atoms with Crippen LogP contribution in [0.2, 0.25) is 0 Å². The van der Waals surface area contributed by atoms with Crippen LogP contribution in [-0.4, -0.2) is 47.9 Å². The molecule has 0 aliphatic carbocycles. The number of methoxy groups -OCH3 is 1. The zero-order valence-corrected chi connectivity index (χ0v) is 12.9. The van der Waals surface area contributed by atoms with Crippen molar-refractivity contribution < 1.29 is 14.3 Å². The van der Waals surface area contributed by atoms with Crippen LogP contribution in [-0.2, 0) is 20.8 Å². The fraction of sp³-hybridized carbons (Fsp3) is 0.500. The zero-order valence-electron chi connectivity index (χ0n) is 12.9. The quantitative estimate of drug-likeness (QED) is 0.923. The summed E-state index contributed by atoms with van der Waals surface area (Å²) in [4.78, 5) is 16.9. The summed E-state index contributed by atoms with van der Waals surface area (Å²) < 4.78 is 12.7. The lowest BCUT2D eigenvalue weighted by atomic mass is 10.1. The van der Waals surface area contributed by atoms with Crippen molar-refractivity contribution in [2.24, 2.45) is 0 Å². The van der Waals surface area contributed by atoms with E-state index in [4.69, 9.17) is 9.47 Å². The molecule has 0 spiro atoms. The van der Waals surface area contributed by atoms with Crippen LogP contribution >= 0.6 is 0 Å².